The van der Waals surface area contributed by atoms with Gasteiger partial charge in [-0.15, -0.1) is 0 Å². The first kappa shape index (κ1) is 19.9. The normalized spacial score (nSPS) is 15.7. The van der Waals surface area contributed by atoms with Crippen molar-refractivity contribution < 1.29 is 14.3 Å². The van der Waals surface area contributed by atoms with Gasteiger partial charge in [-0.3, -0.25) is 9.79 Å². The number of aryl methyl sites for hydroxylation is 1. The molecule has 1 atom stereocenters. The summed E-state index contributed by atoms with van der Waals surface area (Å²) in [4.78, 5) is 18.0. The lowest BCUT2D eigenvalue weighted by atomic mass is 10.1. The van der Waals surface area contributed by atoms with Crippen LogP contribution in [0.25, 0.3) is 0 Å². The Bertz CT molecular complexity index is 848. The maximum absolute atomic E-state index is 11.6. The van der Waals surface area contributed by atoms with Gasteiger partial charge in [-0.05, 0) is 36.6 Å². The fourth-order valence-electron chi connectivity index (χ4n) is 3.46. The van der Waals surface area contributed by atoms with Crippen LogP contribution in [-0.4, -0.2) is 32.4 Å². The van der Waals surface area contributed by atoms with Gasteiger partial charge in [0.1, 0.15) is 0 Å². The second kappa shape index (κ2) is 9.40. The van der Waals surface area contributed by atoms with Crippen molar-refractivity contribution in [2.45, 2.75) is 45.6 Å². The summed E-state index contributed by atoms with van der Waals surface area (Å²) in [5.74, 6) is 1.43. The van der Waals surface area contributed by atoms with Crippen LogP contribution in [0, 0.1) is 6.92 Å². The number of para-hydroxylation sites is 1. The minimum atomic E-state index is -0.0784. The summed E-state index contributed by atoms with van der Waals surface area (Å²) in [6.07, 6.45) is 6.81. The molecule has 5 heteroatoms. The highest BCUT2D eigenvalue weighted by Gasteiger charge is 2.27. The fraction of sp³-hybridized carbons (Fsp3) is 0.391. The molecule has 1 aliphatic rings. The molecule has 0 fully saturated rings. The van der Waals surface area contributed by atoms with Gasteiger partial charge in [0.2, 0.25) is 6.41 Å². The van der Waals surface area contributed by atoms with Crippen LogP contribution in [0.2, 0.25) is 0 Å². The van der Waals surface area contributed by atoms with Crippen LogP contribution < -0.4 is 14.4 Å². The summed E-state index contributed by atoms with van der Waals surface area (Å²) < 4.78 is 11.4. The molecule has 1 heterocycles. The van der Waals surface area contributed by atoms with Crippen molar-refractivity contribution in [1.82, 2.24) is 0 Å². The smallest absolute Gasteiger partial charge is 0.214 e. The van der Waals surface area contributed by atoms with Gasteiger partial charge in [0.05, 0.1) is 25.4 Å². The molecule has 0 aliphatic carbocycles. The Morgan fingerprint density at radius 3 is 2.79 bits per heavy atom. The maximum Gasteiger partial charge on any atom is 0.214 e. The molecule has 1 amide bonds. The molecule has 0 N–H and O–H groups in total. The molecule has 148 valence electrons. The number of carbonyl (C=O) groups is 1. The predicted molar refractivity (Wildman–Crippen MR) is 113 cm³/mol. The van der Waals surface area contributed by atoms with Gasteiger partial charge in [0, 0.05) is 24.4 Å². The highest BCUT2D eigenvalue weighted by atomic mass is 16.5. The first-order valence-corrected chi connectivity index (χ1v) is 9.85. The summed E-state index contributed by atoms with van der Waals surface area (Å²) >= 11 is 0. The van der Waals surface area contributed by atoms with Crippen molar-refractivity contribution in [2.24, 2.45) is 4.99 Å². The first-order chi connectivity index (χ1) is 13.7. The zero-order valence-corrected chi connectivity index (χ0v) is 16.9. The van der Waals surface area contributed by atoms with E-state index in [0.29, 0.717) is 12.4 Å². The van der Waals surface area contributed by atoms with Gasteiger partial charge in [0.25, 0.3) is 0 Å². The molecule has 0 saturated carbocycles. The molecule has 0 radical (unpaired) electrons. The summed E-state index contributed by atoms with van der Waals surface area (Å²) in [7, 11) is 1.65. The Hall–Kier alpha value is -2.82. The molecule has 28 heavy (non-hydrogen) atoms. The van der Waals surface area contributed by atoms with Crippen molar-refractivity contribution >= 4 is 24.0 Å². The maximum atomic E-state index is 11.6. The van der Waals surface area contributed by atoms with Crippen LogP contribution >= 0.6 is 0 Å². The zero-order chi connectivity index (χ0) is 19.9. The third-order valence-electron chi connectivity index (χ3n) is 5.04. The van der Waals surface area contributed by atoms with Gasteiger partial charge in [0.15, 0.2) is 11.5 Å². The number of amides is 1. The van der Waals surface area contributed by atoms with Crippen molar-refractivity contribution in [3.63, 3.8) is 0 Å². The summed E-state index contributed by atoms with van der Waals surface area (Å²) in [5.41, 5.74) is 3.95. The predicted octanol–water partition coefficient (Wildman–Crippen LogP) is 4.86. The standard InChI is InChI=1S/C23H28N2O3/c1-4-5-8-11-28-23-14-20(17(2)12-22(23)27-3)24-15-19-13-18-9-6-7-10-21(18)25(19)16-26/h6-7,9-10,12,14-16,19H,4-5,8,11,13H2,1-3H3. The number of fused-ring (bicyclic) bond motifs is 1. The molecule has 0 bridgehead atoms. The lowest BCUT2D eigenvalue weighted by Crippen LogP contribution is -2.31. The number of methoxy groups -OCH3 is 1. The van der Waals surface area contributed by atoms with Crippen LogP contribution in [0.15, 0.2) is 41.4 Å². The van der Waals surface area contributed by atoms with Crippen LogP contribution in [0.3, 0.4) is 0 Å². The average Bonchev–Trinajstić information content (AvgIpc) is 3.08. The topological polar surface area (TPSA) is 51.1 Å². The van der Waals surface area contributed by atoms with Gasteiger partial charge in [-0.1, -0.05) is 38.0 Å². The van der Waals surface area contributed by atoms with Crippen molar-refractivity contribution in [3.8, 4) is 11.5 Å². The summed E-state index contributed by atoms with van der Waals surface area (Å²) in [6, 6.07) is 11.8. The number of anilines is 1. The molecule has 2 aromatic rings. The van der Waals surface area contributed by atoms with E-state index in [1.54, 1.807) is 12.0 Å². The lowest BCUT2D eigenvalue weighted by Gasteiger charge is -2.17. The Kier molecular flexibility index (Phi) is 6.69. The van der Waals surface area contributed by atoms with E-state index in [-0.39, 0.29) is 6.04 Å². The summed E-state index contributed by atoms with van der Waals surface area (Å²) in [5, 5.41) is 0. The number of hydrogen-bond donors (Lipinski definition) is 0. The first-order valence-electron chi connectivity index (χ1n) is 9.85. The lowest BCUT2D eigenvalue weighted by molar-refractivity contribution is -0.107. The molecular weight excluding hydrogens is 352 g/mol. The van der Waals surface area contributed by atoms with Crippen molar-refractivity contribution in [1.29, 1.82) is 0 Å². The van der Waals surface area contributed by atoms with Crippen molar-refractivity contribution in [3.05, 3.63) is 47.5 Å². The second-order valence-corrected chi connectivity index (χ2v) is 7.04. The van der Waals surface area contributed by atoms with E-state index in [4.69, 9.17) is 9.47 Å². The molecule has 0 saturated heterocycles. The molecule has 2 aromatic carbocycles. The van der Waals surface area contributed by atoms with E-state index in [2.05, 4.69) is 18.0 Å². The molecule has 0 aromatic heterocycles. The second-order valence-electron chi connectivity index (χ2n) is 7.04. The molecular formula is C23H28N2O3. The molecule has 1 aliphatic heterocycles. The highest BCUT2D eigenvalue weighted by molar-refractivity contribution is 5.90. The third-order valence-corrected chi connectivity index (χ3v) is 5.04. The molecule has 1 unspecified atom stereocenters. The Morgan fingerprint density at radius 2 is 2.04 bits per heavy atom. The monoisotopic (exact) mass is 380 g/mol. The third kappa shape index (κ3) is 4.35. The summed E-state index contributed by atoms with van der Waals surface area (Å²) in [6.45, 7) is 4.83. The van der Waals surface area contributed by atoms with Gasteiger partial charge in [-0.2, -0.15) is 0 Å². The van der Waals surface area contributed by atoms with Crippen LogP contribution in [0.4, 0.5) is 11.4 Å². The quantitative estimate of drug-likeness (QED) is 0.354. The average molecular weight is 380 g/mol. The number of carbonyl (C=O) groups excluding carboxylic acids is 1. The minimum absolute atomic E-state index is 0.0784. The number of ether oxygens (including phenoxy) is 2. The Labute approximate surface area is 167 Å². The zero-order valence-electron chi connectivity index (χ0n) is 16.9. The number of rotatable bonds is 9. The number of unbranched alkanes of at least 4 members (excludes halogenated alkanes) is 2. The van der Waals surface area contributed by atoms with Gasteiger partial charge < -0.3 is 14.4 Å². The molecule has 3 rings (SSSR count). The van der Waals surface area contributed by atoms with Gasteiger partial charge in [-0.25, -0.2) is 0 Å². The number of benzene rings is 2. The fourth-order valence-corrected chi connectivity index (χ4v) is 3.46. The molecule has 5 nitrogen and oxygen atoms in total. The highest BCUT2D eigenvalue weighted by Crippen LogP contribution is 2.35. The molecule has 0 spiro atoms. The van der Waals surface area contributed by atoms with E-state index in [1.807, 2.05) is 43.5 Å². The number of aliphatic imine (C=N–C) groups is 1. The van der Waals surface area contributed by atoms with E-state index in [9.17, 15) is 4.79 Å². The van der Waals surface area contributed by atoms with E-state index in [0.717, 1.165) is 60.3 Å². The van der Waals surface area contributed by atoms with E-state index in [1.165, 1.54) is 0 Å². The largest absolute Gasteiger partial charge is 0.493 e. The minimum Gasteiger partial charge on any atom is -0.493 e. The van der Waals surface area contributed by atoms with E-state index < -0.39 is 0 Å². The Morgan fingerprint density at radius 1 is 1.21 bits per heavy atom. The van der Waals surface area contributed by atoms with Crippen LogP contribution in [0.5, 0.6) is 11.5 Å². The van der Waals surface area contributed by atoms with Gasteiger partial charge >= 0.3 is 0 Å². The van der Waals surface area contributed by atoms with Crippen molar-refractivity contribution in [2.75, 3.05) is 18.6 Å². The van der Waals surface area contributed by atoms with Crippen LogP contribution in [0.1, 0.15) is 37.3 Å². The van der Waals surface area contributed by atoms with E-state index >= 15 is 0 Å². The Balaban J connectivity index is 1.78. The number of nitrogens with zero attached hydrogens (tertiary/aromatic N) is 2. The number of hydrogen-bond acceptors (Lipinski definition) is 4. The SMILES string of the molecule is CCCCCOc1cc(N=CC2Cc3ccccc3N2C=O)c(C)cc1OC. The van der Waals surface area contributed by atoms with Crippen LogP contribution in [-0.2, 0) is 11.2 Å².